The highest BCUT2D eigenvalue weighted by Gasteiger charge is 2.30. The number of hydrogen-bond acceptors (Lipinski definition) is 4. The third-order valence-electron chi connectivity index (χ3n) is 2.25. The predicted molar refractivity (Wildman–Crippen MR) is 61.7 cm³/mol. The molecule has 1 atom stereocenters. The summed E-state index contributed by atoms with van der Waals surface area (Å²) in [4.78, 5) is 27.4. The van der Waals surface area contributed by atoms with Crippen LogP contribution in [0.15, 0.2) is 5.51 Å². The summed E-state index contributed by atoms with van der Waals surface area (Å²) >= 11 is 1.27. The van der Waals surface area contributed by atoms with Crippen LogP contribution in [0.4, 0.5) is 5.00 Å². The van der Waals surface area contributed by atoms with Gasteiger partial charge in [-0.15, -0.1) is 11.3 Å². The second-order valence-corrected chi connectivity index (χ2v) is 4.62. The lowest BCUT2D eigenvalue weighted by atomic mass is 10.0. The molecule has 0 bridgehead atoms. The van der Waals surface area contributed by atoms with Crippen molar-refractivity contribution in [1.82, 2.24) is 4.98 Å². The van der Waals surface area contributed by atoms with Gasteiger partial charge in [0, 0.05) is 0 Å². The molecule has 16 heavy (non-hydrogen) atoms. The Morgan fingerprint density at radius 3 is 2.56 bits per heavy atom. The van der Waals surface area contributed by atoms with Crippen molar-refractivity contribution in [1.29, 1.82) is 0 Å². The van der Waals surface area contributed by atoms with Gasteiger partial charge in [0.1, 0.15) is 11.0 Å². The normalized spacial score (nSPS) is 12.5. The van der Waals surface area contributed by atoms with Gasteiger partial charge in [0.2, 0.25) is 6.41 Å². The largest absolute Gasteiger partial charge is 0.480 e. The number of anilines is 1. The molecule has 0 spiro atoms. The van der Waals surface area contributed by atoms with Gasteiger partial charge < -0.3 is 5.11 Å². The first kappa shape index (κ1) is 12.6. The molecule has 1 aromatic rings. The maximum atomic E-state index is 11.1. The number of amides is 1. The van der Waals surface area contributed by atoms with Crippen molar-refractivity contribution >= 4 is 28.7 Å². The van der Waals surface area contributed by atoms with E-state index >= 15 is 0 Å². The number of aromatic nitrogens is 1. The Labute approximate surface area is 97.7 Å². The molecule has 1 aromatic heterocycles. The lowest BCUT2D eigenvalue weighted by molar-refractivity contribution is -0.140. The summed E-state index contributed by atoms with van der Waals surface area (Å²) in [6.07, 6.45) is 0.555. The van der Waals surface area contributed by atoms with Gasteiger partial charge in [0.05, 0.1) is 11.2 Å². The SMILES string of the molecule is Cc1ncsc1N(C=O)C(C(=O)O)C(C)C. The first-order chi connectivity index (χ1) is 7.49. The smallest absolute Gasteiger partial charge is 0.327 e. The zero-order chi connectivity index (χ0) is 12.3. The third-order valence-corrected chi connectivity index (χ3v) is 3.19. The molecule has 0 aliphatic carbocycles. The van der Waals surface area contributed by atoms with Crippen LogP contribution in [0, 0.1) is 12.8 Å². The van der Waals surface area contributed by atoms with Crippen LogP contribution in [0.1, 0.15) is 19.5 Å². The number of carboxylic acid groups (broad SMARTS) is 1. The van der Waals surface area contributed by atoms with Crippen LogP contribution >= 0.6 is 11.3 Å². The van der Waals surface area contributed by atoms with Crippen LogP contribution in [-0.2, 0) is 9.59 Å². The van der Waals surface area contributed by atoms with Crippen molar-refractivity contribution in [3.05, 3.63) is 11.2 Å². The van der Waals surface area contributed by atoms with E-state index in [0.717, 1.165) is 0 Å². The van der Waals surface area contributed by atoms with Crippen molar-refractivity contribution in [3.8, 4) is 0 Å². The summed E-state index contributed by atoms with van der Waals surface area (Å²) in [5.74, 6) is -1.17. The van der Waals surface area contributed by atoms with E-state index in [1.165, 1.54) is 16.2 Å². The summed E-state index contributed by atoms with van der Waals surface area (Å²) in [6, 6.07) is -0.850. The molecule has 1 heterocycles. The standard InChI is InChI=1S/C10H14N2O3S/c1-6(2)8(10(14)15)12(5-13)9-7(3)11-4-16-9/h4-6,8H,1-3H3,(H,14,15). The quantitative estimate of drug-likeness (QED) is 0.795. The van der Waals surface area contributed by atoms with E-state index in [4.69, 9.17) is 5.11 Å². The van der Waals surface area contributed by atoms with Gasteiger partial charge in [-0.2, -0.15) is 0 Å². The van der Waals surface area contributed by atoms with Crippen LogP contribution in [-0.4, -0.2) is 28.5 Å². The monoisotopic (exact) mass is 242 g/mol. The zero-order valence-corrected chi connectivity index (χ0v) is 10.2. The van der Waals surface area contributed by atoms with E-state index in [2.05, 4.69) is 4.98 Å². The van der Waals surface area contributed by atoms with Crippen molar-refractivity contribution in [3.63, 3.8) is 0 Å². The molecule has 1 N–H and O–H groups in total. The topological polar surface area (TPSA) is 70.5 Å². The minimum atomic E-state index is -1.00. The fourth-order valence-electron chi connectivity index (χ4n) is 1.51. The van der Waals surface area contributed by atoms with Crippen LogP contribution in [0.5, 0.6) is 0 Å². The second-order valence-electron chi connectivity index (χ2n) is 3.78. The summed E-state index contributed by atoms with van der Waals surface area (Å²) in [5, 5.41) is 9.71. The second kappa shape index (κ2) is 5.07. The van der Waals surface area contributed by atoms with E-state index in [1.807, 2.05) is 0 Å². The highest BCUT2D eigenvalue weighted by molar-refractivity contribution is 7.14. The van der Waals surface area contributed by atoms with E-state index in [9.17, 15) is 9.59 Å². The summed E-state index contributed by atoms with van der Waals surface area (Å²) < 4.78 is 0. The number of thiazole rings is 1. The Morgan fingerprint density at radius 2 is 2.25 bits per heavy atom. The zero-order valence-electron chi connectivity index (χ0n) is 9.38. The summed E-state index contributed by atoms with van der Waals surface area (Å²) in [6.45, 7) is 5.29. The number of aliphatic carboxylic acids is 1. The van der Waals surface area contributed by atoms with E-state index in [-0.39, 0.29) is 5.92 Å². The number of nitrogens with zero attached hydrogens (tertiary/aromatic N) is 2. The average molecular weight is 242 g/mol. The maximum absolute atomic E-state index is 11.1. The minimum Gasteiger partial charge on any atom is -0.480 e. The Hall–Kier alpha value is -1.43. The van der Waals surface area contributed by atoms with E-state index < -0.39 is 12.0 Å². The molecule has 88 valence electrons. The van der Waals surface area contributed by atoms with Crippen molar-refractivity contribution in [2.45, 2.75) is 26.8 Å². The number of carboxylic acids is 1. The highest BCUT2D eigenvalue weighted by Crippen LogP contribution is 2.27. The highest BCUT2D eigenvalue weighted by atomic mass is 32.1. The molecule has 0 aliphatic heterocycles. The molecule has 0 aromatic carbocycles. The first-order valence-corrected chi connectivity index (χ1v) is 5.73. The number of aryl methyl sites for hydroxylation is 1. The minimum absolute atomic E-state index is 0.163. The van der Waals surface area contributed by atoms with Gasteiger partial charge in [0.15, 0.2) is 0 Å². The molecular formula is C10H14N2O3S. The van der Waals surface area contributed by atoms with Gasteiger partial charge in [-0.25, -0.2) is 9.78 Å². The fraction of sp³-hybridized carbons (Fsp3) is 0.500. The molecule has 0 saturated carbocycles. The number of carbonyl (C=O) groups is 2. The van der Waals surface area contributed by atoms with Gasteiger partial charge in [0.25, 0.3) is 0 Å². The first-order valence-electron chi connectivity index (χ1n) is 4.85. The number of hydrogen-bond donors (Lipinski definition) is 1. The molecule has 1 rings (SSSR count). The Morgan fingerprint density at radius 1 is 1.62 bits per heavy atom. The fourth-order valence-corrected chi connectivity index (χ4v) is 2.32. The van der Waals surface area contributed by atoms with Gasteiger partial charge in [-0.3, -0.25) is 9.69 Å². The molecule has 6 heteroatoms. The van der Waals surface area contributed by atoms with Gasteiger partial charge in [-0.1, -0.05) is 13.8 Å². The lowest BCUT2D eigenvalue weighted by Gasteiger charge is -2.26. The molecule has 0 radical (unpaired) electrons. The summed E-state index contributed by atoms with van der Waals surface area (Å²) in [5.41, 5.74) is 2.27. The number of carbonyl (C=O) groups excluding carboxylic acids is 1. The molecule has 1 amide bonds. The molecule has 0 fully saturated rings. The van der Waals surface area contributed by atoms with Gasteiger partial charge >= 0.3 is 5.97 Å². The molecule has 5 nitrogen and oxygen atoms in total. The maximum Gasteiger partial charge on any atom is 0.327 e. The third kappa shape index (κ3) is 2.38. The Bertz CT molecular complexity index is 389. The van der Waals surface area contributed by atoms with Crippen molar-refractivity contribution < 1.29 is 14.7 Å². The van der Waals surface area contributed by atoms with Crippen molar-refractivity contribution in [2.24, 2.45) is 5.92 Å². The molecule has 0 aliphatic rings. The average Bonchev–Trinajstić information content (AvgIpc) is 2.59. The Balaban J connectivity index is 3.10. The molecular weight excluding hydrogens is 228 g/mol. The molecule has 1 unspecified atom stereocenters. The van der Waals surface area contributed by atoms with Crippen LogP contribution in [0.25, 0.3) is 0 Å². The Kier molecular flexibility index (Phi) is 4.00. The lowest BCUT2D eigenvalue weighted by Crippen LogP contribution is -2.44. The predicted octanol–water partition coefficient (Wildman–Crippen LogP) is 1.52. The molecule has 0 saturated heterocycles. The van der Waals surface area contributed by atoms with E-state index in [1.54, 1.807) is 26.3 Å². The van der Waals surface area contributed by atoms with Crippen LogP contribution in [0.2, 0.25) is 0 Å². The summed E-state index contributed by atoms with van der Waals surface area (Å²) in [7, 11) is 0. The van der Waals surface area contributed by atoms with Crippen LogP contribution in [0.3, 0.4) is 0 Å². The van der Waals surface area contributed by atoms with Crippen molar-refractivity contribution in [2.75, 3.05) is 4.90 Å². The van der Waals surface area contributed by atoms with Crippen LogP contribution < -0.4 is 4.90 Å². The van der Waals surface area contributed by atoms with Gasteiger partial charge in [-0.05, 0) is 12.8 Å². The van der Waals surface area contributed by atoms with E-state index in [0.29, 0.717) is 17.1 Å². The number of rotatable bonds is 5.